The number of nitrogens with two attached hydrogens (primary N) is 1. The van der Waals surface area contributed by atoms with Crippen LogP contribution in [0.5, 0.6) is 0 Å². The summed E-state index contributed by atoms with van der Waals surface area (Å²) in [5.41, 5.74) is 6.16. The first-order chi connectivity index (χ1) is 9.10. The molecular weight excluding hydrogens is 240 g/mol. The molecule has 0 spiro atoms. The molecule has 0 aliphatic carbocycles. The molecule has 19 heavy (non-hydrogen) atoms. The van der Waals surface area contributed by atoms with E-state index in [1.807, 2.05) is 32.0 Å². The van der Waals surface area contributed by atoms with Gasteiger partial charge in [-0.25, -0.2) is 0 Å². The molecule has 0 saturated heterocycles. The van der Waals surface area contributed by atoms with Crippen molar-refractivity contribution in [1.82, 2.24) is 4.98 Å². The van der Waals surface area contributed by atoms with Crippen molar-refractivity contribution in [2.45, 2.75) is 13.8 Å². The first-order valence-corrected chi connectivity index (χ1v) is 5.91. The van der Waals surface area contributed by atoms with Crippen LogP contribution in [0.3, 0.4) is 0 Å². The van der Waals surface area contributed by atoms with Gasteiger partial charge < -0.3 is 10.7 Å². The Balaban J connectivity index is 2.24. The van der Waals surface area contributed by atoms with E-state index in [1.165, 1.54) is 0 Å². The average molecular weight is 256 g/mol. The maximum Gasteiger partial charge on any atom is 0.257 e. The van der Waals surface area contributed by atoms with Crippen LogP contribution in [0.25, 0.3) is 0 Å². The van der Waals surface area contributed by atoms with E-state index in [1.54, 1.807) is 18.3 Å². The summed E-state index contributed by atoms with van der Waals surface area (Å²) >= 11 is 0. The molecule has 1 amide bonds. The molecule has 0 saturated carbocycles. The summed E-state index contributed by atoms with van der Waals surface area (Å²) in [6, 6.07) is 9.10. The van der Waals surface area contributed by atoms with Crippen LogP contribution in [0.4, 0.5) is 11.4 Å². The molecule has 5 heteroatoms. The first-order valence-electron chi connectivity index (χ1n) is 5.91. The second kappa shape index (κ2) is 5.49. The molecule has 5 nitrogen and oxygen atoms in total. The highest BCUT2D eigenvalue weighted by Gasteiger charge is 2.11. The van der Waals surface area contributed by atoms with Gasteiger partial charge >= 0.3 is 0 Å². The van der Waals surface area contributed by atoms with Crippen molar-refractivity contribution in [3.63, 3.8) is 0 Å². The lowest BCUT2D eigenvalue weighted by Crippen LogP contribution is -2.17. The van der Waals surface area contributed by atoms with Gasteiger partial charge in [0.15, 0.2) is 0 Å². The minimum atomic E-state index is -0.220. The van der Waals surface area contributed by atoms with Crippen LogP contribution in [0.15, 0.2) is 36.5 Å². The Hall–Kier alpha value is -2.40. The number of carbonyl (C=O) groups excluding carboxylic acids is 1. The van der Waals surface area contributed by atoms with Crippen molar-refractivity contribution in [2.75, 3.05) is 10.7 Å². The fraction of sp³-hybridized carbons (Fsp3) is 0.143. The van der Waals surface area contributed by atoms with Gasteiger partial charge in [0, 0.05) is 5.69 Å². The van der Waals surface area contributed by atoms with Crippen molar-refractivity contribution in [2.24, 2.45) is 5.84 Å². The number of anilines is 2. The molecule has 0 atom stereocenters. The highest BCUT2D eigenvalue weighted by molar-refractivity contribution is 6.08. The highest BCUT2D eigenvalue weighted by Crippen LogP contribution is 2.18. The quantitative estimate of drug-likeness (QED) is 0.581. The van der Waals surface area contributed by atoms with E-state index < -0.39 is 0 Å². The van der Waals surface area contributed by atoms with Crippen molar-refractivity contribution in [1.29, 1.82) is 0 Å². The second-order valence-electron chi connectivity index (χ2n) is 4.34. The predicted molar refractivity (Wildman–Crippen MR) is 75.9 cm³/mol. The number of carbonyl (C=O) groups is 1. The topological polar surface area (TPSA) is 80.0 Å². The molecule has 1 aromatic carbocycles. The fourth-order valence-electron chi connectivity index (χ4n) is 1.71. The van der Waals surface area contributed by atoms with Crippen LogP contribution in [-0.2, 0) is 0 Å². The van der Waals surface area contributed by atoms with Crippen LogP contribution in [-0.4, -0.2) is 10.9 Å². The minimum Gasteiger partial charge on any atom is -0.323 e. The van der Waals surface area contributed by atoms with Gasteiger partial charge in [0.05, 0.1) is 23.1 Å². The van der Waals surface area contributed by atoms with Gasteiger partial charge in [-0.2, -0.15) is 0 Å². The number of aromatic nitrogens is 1. The lowest BCUT2D eigenvalue weighted by Gasteiger charge is -2.10. The minimum absolute atomic E-state index is 0.220. The zero-order valence-electron chi connectivity index (χ0n) is 10.9. The Morgan fingerprint density at radius 3 is 2.63 bits per heavy atom. The number of amides is 1. The number of hydrazine groups is 1. The third-order valence-electron chi connectivity index (χ3n) is 2.74. The van der Waals surface area contributed by atoms with Gasteiger partial charge in [0.25, 0.3) is 5.91 Å². The van der Waals surface area contributed by atoms with E-state index >= 15 is 0 Å². The van der Waals surface area contributed by atoms with Crippen LogP contribution >= 0.6 is 0 Å². The SMILES string of the molecule is Cc1ccc(NN)c(C(=O)Nc2ccc(C)nc2)c1. The third-order valence-corrected chi connectivity index (χ3v) is 2.74. The summed E-state index contributed by atoms with van der Waals surface area (Å²) in [6.45, 7) is 3.81. The van der Waals surface area contributed by atoms with Crippen molar-refractivity contribution >= 4 is 17.3 Å². The van der Waals surface area contributed by atoms with Gasteiger partial charge in [-0.05, 0) is 38.1 Å². The number of benzene rings is 1. The van der Waals surface area contributed by atoms with Crippen LogP contribution in [0.1, 0.15) is 21.6 Å². The lowest BCUT2D eigenvalue weighted by molar-refractivity contribution is 0.102. The Labute approximate surface area is 111 Å². The van der Waals surface area contributed by atoms with Gasteiger partial charge in [0.1, 0.15) is 0 Å². The van der Waals surface area contributed by atoms with E-state index in [0.29, 0.717) is 16.9 Å². The van der Waals surface area contributed by atoms with Crippen molar-refractivity contribution < 1.29 is 4.79 Å². The van der Waals surface area contributed by atoms with Gasteiger partial charge in [0.2, 0.25) is 0 Å². The van der Waals surface area contributed by atoms with E-state index in [4.69, 9.17) is 5.84 Å². The van der Waals surface area contributed by atoms with Gasteiger partial charge in [-0.15, -0.1) is 0 Å². The molecular formula is C14H16N4O. The number of nitrogens with one attached hydrogen (secondary N) is 2. The zero-order chi connectivity index (χ0) is 13.8. The fourth-order valence-corrected chi connectivity index (χ4v) is 1.71. The van der Waals surface area contributed by atoms with E-state index in [0.717, 1.165) is 11.3 Å². The summed E-state index contributed by atoms with van der Waals surface area (Å²) in [5, 5.41) is 2.79. The first kappa shape index (κ1) is 13.0. The number of nitrogens with zero attached hydrogens (tertiary/aromatic N) is 1. The standard InChI is InChI=1S/C14H16N4O/c1-9-3-6-13(18-15)12(7-9)14(19)17-11-5-4-10(2)16-8-11/h3-8,18H,15H2,1-2H3,(H,17,19). The largest absolute Gasteiger partial charge is 0.323 e. The number of hydrogen-bond donors (Lipinski definition) is 3. The molecule has 2 aromatic rings. The molecule has 2 rings (SSSR count). The summed E-state index contributed by atoms with van der Waals surface area (Å²) in [6.07, 6.45) is 1.62. The van der Waals surface area contributed by atoms with Crippen molar-refractivity contribution in [3.05, 3.63) is 53.3 Å². The van der Waals surface area contributed by atoms with Gasteiger partial charge in [-0.3, -0.25) is 15.6 Å². The smallest absolute Gasteiger partial charge is 0.257 e. The van der Waals surface area contributed by atoms with Crippen LogP contribution in [0.2, 0.25) is 0 Å². The molecule has 0 bridgehead atoms. The van der Waals surface area contributed by atoms with Gasteiger partial charge in [-0.1, -0.05) is 11.6 Å². The third kappa shape index (κ3) is 3.08. The molecule has 0 aliphatic rings. The molecule has 0 aliphatic heterocycles. The molecule has 0 unspecified atom stereocenters. The lowest BCUT2D eigenvalue weighted by atomic mass is 10.1. The van der Waals surface area contributed by atoms with E-state index in [2.05, 4.69) is 15.7 Å². The summed E-state index contributed by atoms with van der Waals surface area (Å²) < 4.78 is 0. The van der Waals surface area contributed by atoms with Crippen molar-refractivity contribution in [3.8, 4) is 0 Å². The number of nitrogen functional groups attached to an aromatic ring is 1. The number of pyridine rings is 1. The maximum atomic E-state index is 12.2. The number of hydrogen-bond acceptors (Lipinski definition) is 4. The van der Waals surface area contributed by atoms with Crippen LogP contribution < -0.4 is 16.6 Å². The van der Waals surface area contributed by atoms with E-state index in [9.17, 15) is 4.79 Å². The molecule has 1 heterocycles. The molecule has 0 fully saturated rings. The number of aryl methyl sites for hydroxylation is 2. The Morgan fingerprint density at radius 2 is 2.00 bits per heavy atom. The highest BCUT2D eigenvalue weighted by atomic mass is 16.1. The summed E-state index contributed by atoms with van der Waals surface area (Å²) in [4.78, 5) is 16.3. The van der Waals surface area contributed by atoms with Crippen LogP contribution in [0, 0.1) is 13.8 Å². The zero-order valence-corrected chi connectivity index (χ0v) is 10.9. The number of rotatable bonds is 3. The normalized spacial score (nSPS) is 10.1. The Kier molecular flexibility index (Phi) is 3.77. The maximum absolute atomic E-state index is 12.2. The Bertz CT molecular complexity index is 593. The Morgan fingerprint density at radius 1 is 1.21 bits per heavy atom. The molecule has 0 radical (unpaired) electrons. The predicted octanol–water partition coefficient (Wildman–Crippen LogP) is 2.24. The average Bonchev–Trinajstić information content (AvgIpc) is 2.41. The molecule has 98 valence electrons. The summed E-state index contributed by atoms with van der Waals surface area (Å²) in [7, 11) is 0. The molecule has 4 N–H and O–H groups in total. The van der Waals surface area contributed by atoms with E-state index in [-0.39, 0.29) is 5.91 Å². The monoisotopic (exact) mass is 256 g/mol. The molecule has 1 aromatic heterocycles. The summed E-state index contributed by atoms with van der Waals surface area (Å²) in [5.74, 6) is 5.19. The second-order valence-corrected chi connectivity index (χ2v) is 4.34.